The molecule has 0 N–H and O–H groups in total. The summed E-state index contributed by atoms with van der Waals surface area (Å²) in [5.41, 5.74) is 3.03. The minimum atomic E-state index is -0.422. The molecule has 0 aliphatic rings. The molecule has 0 saturated heterocycles. The highest BCUT2D eigenvalue weighted by molar-refractivity contribution is 6.06. The molecule has 0 aliphatic heterocycles. The smallest absolute Gasteiger partial charge is 0.338 e. The van der Waals surface area contributed by atoms with Crippen molar-refractivity contribution in [3.8, 4) is 11.3 Å². The Morgan fingerprint density at radius 1 is 1.14 bits per heavy atom. The lowest BCUT2D eigenvalue weighted by atomic mass is 9.98. The number of methoxy groups -OCH3 is 1. The number of hydrogen-bond donors (Lipinski definition) is 0. The molecule has 0 bridgehead atoms. The first-order valence-electron chi connectivity index (χ1n) is 6.85. The van der Waals surface area contributed by atoms with Crippen molar-refractivity contribution in [1.29, 1.82) is 0 Å². The fraction of sp³-hybridized carbons (Fsp3) is 0.111. The van der Waals surface area contributed by atoms with Crippen LogP contribution in [0.5, 0.6) is 0 Å². The third-order valence-corrected chi connectivity index (χ3v) is 3.62. The fourth-order valence-corrected chi connectivity index (χ4v) is 2.59. The number of halogens is 1. The molecule has 0 unspecified atom stereocenters. The topological polar surface area (TPSA) is 39.2 Å². The lowest BCUT2D eigenvalue weighted by Crippen LogP contribution is -2.07. The van der Waals surface area contributed by atoms with Crippen LogP contribution in [-0.4, -0.2) is 18.1 Å². The number of esters is 1. The Morgan fingerprint density at radius 2 is 1.91 bits per heavy atom. The molecule has 1 aromatic heterocycles. The van der Waals surface area contributed by atoms with E-state index in [1.54, 1.807) is 19.1 Å². The zero-order valence-corrected chi connectivity index (χ0v) is 12.3. The summed E-state index contributed by atoms with van der Waals surface area (Å²) in [6.45, 7) is 1.80. The summed E-state index contributed by atoms with van der Waals surface area (Å²) in [7, 11) is 1.35. The summed E-state index contributed by atoms with van der Waals surface area (Å²) in [6.07, 6.45) is 0. The van der Waals surface area contributed by atoms with E-state index in [-0.39, 0.29) is 5.82 Å². The summed E-state index contributed by atoms with van der Waals surface area (Å²) in [5, 5.41) is 0.729. The van der Waals surface area contributed by atoms with Gasteiger partial charge in [0.1, 0.15) is 5.82 Å². The number of ether oxygens (including phenoxy) is 1. The first kappa shape index (κ1) is 14.2. The Bertz CT molecular complexity index is 874. The number of rotatable bonds is 2. The third-order valence-electron chi connectivity index (χ3n) is 3.62. The number of carbonyl (C=O) groups excluding carboxylic acids is 1. The molecule has 0 saturated carbocycles. The predicted octanol–water partition coefficient (Wildman–Crippen LogP) is 4.14. The highest BCUT2D eigenvalue weighted by Gasteiger charge is 2.19. The van der Waals surface area contributed by atoms with Crippen LogP contribution in [0.1, 0.15) is 15.9 Å². The van der Waals surface area contributed by atoms with Crippen molar-refractivity contribution in [2.75, 3.05) is 7.11 Å². The molecular weight excluding hydrogens is 281 g/mol. The van der Waals surface area contributed by atoms with Crippen LogP contribution < -0.4 is 0 Å². The fourth-order valence-electron chi connectivity index (χ4n) is 2.59. The van der Waals surface area contributed by atoms with Gasteiger partial charge < -0.3 is 4.74 Å². The lowest BCUT2D eigenvalue weighted by Gasteiger charge is -2.13. The summed E-state index contributed by atoms with van der Waals surface area (Å²) in [6, 6.07) is 13.5. The Hall–Kier alpha value is -2.75. The van der Waals surface area contributed by atoms with E-state index in [9.17, 15) is 9.18 Å². The van der Waals surface area contributed by atoms with Gasteiger partial charge in [-0.1, -0.05) is 30.3 Å². The second-order valence-electron chi connectivity index (χ2n) is 4.98. The molecule has 3 rings (SSSR count). The molecule has 1 heterocycles. The van der Waals surface area contributed by atoms with E-state index < -0.39 is 5.97 Å². The van der Waals surface area contributed by atoms with Gasteiger partial charge in [-0.2, -0.15) is 0 Å². The highest BCUT2D eigenvalue weighted by atomic mass is 19.1. The number of pyridine rings is 1. The van der Waals surface area contributed by atoms with Crippen LogP contribution >= 0.6 is 0 Å². The van der Waals surface area contributed by atoms with Crippen molar-refractivity contribution in [3.05, 3.63) is 65.5 Å². The van der Waals surface area contributed by atoms with E-state index in [0.29, 0.717) is 27.9 Å². The molecule has 0 amide bonds. The van der Waals surface area contributed by atoms with Crippen molar-refractivity contribution < 1.29 is 13.9 Å². The molecule has 4 heteroatoms. The lowest BCUT2D eigenvalue weighted by molar-refractivity contribution is 0.0602. The zero-order chi connectivity index (χ0) is 15.7. The second kappa shape index (κ2) is 5.56. The van der Waals surface area contributed by atoms with Crippen molar-refractivity contribution in [1.82, 2.24) is 4.98 Å². The van der Waals surface area contributed by atoms with Crippen LogP contribution in [0.3, 0.4) is 0 Å². The van der Waals surface area contributed by atoms with Crippen LogP contribution in [0.4, 0.5) is 4.39 Å². The van der Waals surface area contributed by atoms with Crippen LogP contribution in [0, 0.1) is 12.7 Å². The molecule has 0 aliphatic carbocycles. The molecular formula is C18H14FNO2. The number of para-hydroxylation sites is 1. The van der Waals surface area contributed by atoms with Gasteiger partial charge in [0.2, 0.25) is 0 Å². The average Bonchev–Trinajstić information content (AvgIpc) is 2.53. The Morgan fingerprint density at radius 3 is 2.64 bits per heavy atom. The predicted molar refractivity (Wildman–Crippen MR) is 83.2 cm³/mol. The Kier molecular flexibility index (Phi) is 3.59. The molecule has 0 fully saturated rings. The summed E-state index contributed by atoms with van der Waals surface area (Å²) < 4.78 is 18.4. The van der Waals surface area contributed by atoms with E-state index >= 15 is 0 Å². The van der Waals surface area contributed by atoms with Crippen LogP contribution in [0.2, 0.25) is 0 Å². The monoisotopic (exact) mass is 295 g/mol. The first-order chi connectivity index (χ1) is 10.6. The van der Waals surface area contributed by atoms with Gasteiger partial charge in [-0.3, -0.25) is 0 Å². The van der Waals surface area contributed by atoms with E-state index in [2.05, 4.69) is 4.98 Å². The molecule has 110 valence electrons. The second-order valence-corrected chi connectivity index (χ2v) is 4.98. The molecule has 3 nitrogen and oxygen atoms in total. The molecule has 0 atom stereocenters. The van der Waals surface area contributed by atoms with Crippen molar-refractivity contribution in [2.45, 2.75) is 6.92 Å². The maximum Gasteiger partial charge on any atom is 0.338 e. The number of benzene rings is 2. The Labute approximate surface area is 127 Å². The molecule has 2 aromatic carbocycles. The van der Waals surface area contributed by atoms with E-state index in [1.165, 1.54) is 19.2 Å². The normalized spacial score (nSPS) is 10.7. The maximum absolute atomic E-state index is 13.5. The number of nitrogens with zero attached hydrogens (tertiary/aromatic N) is 1. The van der Waals surface area contributed by atoms with Crippen molar-refractivity contribution in [3.63, 3.8) is 0 Å². The molecule has 3 aromatic rings. The number of hydrogen-bond acceptors (Lipinski definition) is 3. The molecule has 0 spiro atoms. The van der Waals surface area contributed by atoms with Gasteiger partial charge >= 0.3 is 5.97 Å². The number of fused-ring (bicyclic) bond motifs is 1. The van der Waals surface area contributed by atoms with Gasteiger partial charge in [-0.15, -0.1) is 0 Å². The Balaban J connectivity index is 2.37. The first-order valence-corrected chi connectivity index (χ1v) is 6.85. The van der Waals surface area contributed by atoms with Crippen molar-refractivity contribution >= 4 is 16.9 Å². The van der Waals surface area contributed by atoms with Crippen molar-refractivity contribution in [2.24, 2.45) is 0 Å². The van der Waals surface area contributed by atoms with Crippen LogP contribution in [0.25, 0.3) is 22.2 Å². The van der Waals surface area contributed by atoms with Gasteiger partial charge in [0, 0.05) is 10.9 Å². The van der Waals surface area contributed by atoms with E-state index in [1.807, 2.05) is 24.3 Å². The highest BCUT2D eigenvalue weighted by Crippen LogP contribution is 2.30. The largest absolute Gasteiger partial charge is 0.465 e. The average molecular weight is 295 g/mol. The van der Waals surface area contributed by atoms with Gasteiger partial charge in [0.05, 0.1) is 23.9 Å². The SMILES string of the molecule is COC(=O)c1c(C)c(-c2cccc(F)c2)nc2ccccc12. The number of aromatic nitrogens is 1. The summed E-state index contributed by atoms with van der Waals surface area (Å²) in [4.78, 5) is 16.8. The van der Waals surface area contributed by atoms with Gasteiger partial charge in [-0.05, 0) is 30.7 Å². The minimum Gasteiger partial charge on any atom is -0.465 e. The van der Waals surface area contributed by atoms with E-state index in [0.717, 1.165) is 5.39 Å². The summed E-state index contributed by atoms with van der Waals surface area (Å²) >= 11 is 0. The van der Waals surface area contributed by atoms with Gasteiger partial charge in [0.25, 0.3) is 0 Å². The van der Waals surface area contributed by atoms with Crippen LogP contribution in [-0.2, 0) is 4.74 Å². The maximum atomic E-state index is 13.5. The quantitative estimate of drug-likeness (QED) is 0.667. The summed E-state index contributed by atoms with van der Waals surface area (Å²) in [5.74, 6) is -0.764. The molecule has 22 heavy (non-hydrogen) atoms. The third kappa shape index (κ3) is 2.33. The van der Waals surface area contributed by atoms with Gasteiger partial charge in [0.15, 0.2) is 0 Å². The van der Waals surface area contributed by atoms with Crippen LogP contribution in [0.15, 0.2) is 48.5 Å². The zero-order valence-electron chi connectivity index (χ0n) is 12.3. The molecule has 0 radical (unpaired) electrons. The van der Waals surface area contributed by atoms with Gasteiger partial charge in [-0.25, -0.2) is 14.2 Å². The van der Waals surface area contributed by atoms with E-state index in [4.69, 9.17) is 4.74 Å². The standard InChI is InChI=1S/C18H14FNO2/c1-11-16(18(21)22-2)14-8-3-4-9-15(14)20-17(11)12-6-5-7-13(19)10-12/h3-10H,1-2H3. The minimum absolute atomic E-state index is 0.341. The number of carbonyl (C=O) groups is 1.